The number of amides is 3. The van der Waals surface area contributed by atoms with Gasteiger partial charge in [0.05, 0.1) is 11.1 Å². The predicted octanol–water partition coefficient (Wildman–Crippen LogP) is 2.51. The van der Waals surface area contributed by atoms with Gasteiger partial charge in [-0.15, -0.1) is 0 Å². The maximum atomic E-state index is 12.4. The summed E-state index contributed by atoms with van der Waals surface area (Å²) in [5.74, 6) is -2.53. The van der Waals surface area contributed by atoms with Crippen molar-refractivity contribution in [2.75, 3.05) is 11.9 Å². The molecule has 0 unspecified atom stereocenters. The average Bonchev–Trinajstić information content (AvgIpc) is 2.92. The number of halogens is 1. The summed E-state index contributed by atoms with van der Waals surface area (Å²) in [6.45, 7) is 0.829. The lowest BCUT2D eigenvalue weighted by Gasteiger charge is -2.20. The van der Waals surface area contributed by atoms with Gasteiger partial charge in [0, 0.05) is 10.7 Å². The van der Waals surface area contributed by atoms with Crippen molar-refractivity contribution < 1.29 is 23.9 Å². The molecule has 2 aromatic carbocycles. The maximum absolute atomic E-state index is 12.4. The van der Waals surface area contributed by atoms with Gasteiger partial charge < -0.3 is 10.1 Å². The third-order valence-electron chi connectivity index (χ3n) is 4.03. The number of anilines is 1. The Balaban J connectivity index is 1.58. The molecule has 0 bridgehead atoms. The number of ether oxygens (including phenoxy) is 1. The summed E-state index contributed by atoms with van der Waals surface area (Å²) in [7, 11) is 0. The highest BCUT2D eigenvalue weighted by Crippen LogP contribution is 2.24. The number of hydrogen-bond acceptors (Lipinski definition) is 5. The van der Waals surface area contributed by atoms with E-state index >= 15 is 0 Å². The van der Waals surface area contributed by atoms with E-state index in [1.54, 1.807) is 36.4 Å². The molecule has 2 aromatic rings. The number of carbonyl (C=O) groups excluding carboxylic acids is 4. The van der Waals surface area contributed by atoms with E-state index in [4.69, 9.17) is 16.3 Å². The molecule has 138 valence electrons. The highest BCUT2D eigenvalue weighted by molar-refractivity contribution is 6.30. The molecule has 1 atom stereocenters. The van der Waals surface area contributed by atoms with E-state index in [0.29, 0.717) is 10.7 Å². The van der Waals surface area contributed by atoms with E-state index < -0.39 is 36.3 Å². The van der Waals surface area contributed by atoms with Crippen molar-refractivity contribution in [3.63, 3.8) is 0 Å². The molecule has 0 aliphatic carbocycles. The van der Waals surface area contributed by atoms with Gasteiger partial charge in [-0.2, -0.15) is 0 Å². The molecule has 3 rings (SSSR count). The second-order valence-electron chi connectivity index (χ2n) is 5.86. The van der Waals surface area contributed by atoms with Gasteiger partial charge >= 0.3 is 5.97 Å². The molecule has 1 aliphatic rings. The first-order valence-electron chi connectivity index (χ1n) is 8.07. The second kappa shape index (κ2) is 7.59. The molecule has 1 heterocycles. The Labute approximate surface area is 159 Å². The summed E-state index contributed by atoms with van der Waals surface area (Å²) < 4.78 is 4.95. The summed E-state index contributed by atoms with van der Waals surface area (Å²) in [6.07, 6.45) is 0. The van der Waals surface area contributed by atoms with Gasteiger partial charge in [0.15, 0.2) is 6.61 Å². The molecular weight excluding hydrogens is 372 g/mol. The van der Waals surface area contributed by atoms with Crippen molar-refractivity contribution in [2.45, 2.75) is 13.0 Å². The maximum Gasteiger partial charge on any atom is 0.329 e. The SMILES string of the molecule is C[C@@H](C(=O)OCC(=O)Nc1ccc(Cl)cc1)N1C(=O)c2ccccc2C1=O. The van der Waals surface area contributed by atoms with Crippen LogP contribution in [0, 0.1) is 0 Å². The van der Waals surface area contributed by atoms with Crippen LogP contribution in [0.15, 0.2) is 48.5 Å². The van der Waals surface area contributed by atoms with Gasteiger partial charge in [-0.3, -0.25) is 19.3 Å². The second-order valence-corrected chi connectivity index (χ2v) is 6.30. The van der Waals surface area contributed by atoms with Gasteiger partial charge in [-0.25, -0.2) is 4.79 Å². The minimum Gasteiger partial charge on any atom is -0.454 e. The number of nitrogens with one attached hydrogen (secondary N) is 1. The molecular formula is C19H15ClN2O5. The van der Waals surface area contributed by atoms with Crippen molar-refractivity contribution in [2.24, 2.45) is 0 Å². The first kappa shape index (κ1) is 18.6. The molecule has 0 spiro atoms. The van der Waals surface area contributed by atoms with Crippen LogP contribution in [0.1, 0.15) is 27.6 Å². The van der Waals surface area contributed by atoms with E-state index in [2.05, 4.69) is 5.32 Å². The van der Waals surface area contributed by atoms with Crippen molar-refractivity contribution in [1.82, 2.24) is 4.90 Å². The van der Waals surface area contributed by atoms with Crippen LogP contribution in [0.3, 0.4) is 0 Å². The van der Waals surface area contributed by atoms with Gasteiger partial charge in [-0.1, -0.05) is 23.7 Å². The fourth-order valence-electron chi connectivity index (χ4n) is 2.65. The van der Waals surface area contributed by atoms with Crippen LogP contribution >= 0.6 is 11.6 Å². The van der Waals surface area contributed by atoms with Crippen LogP contribution in [0.2, 0.25) is 5.02 Å². The van der Waals surface area contributed by atoms with Crippen LogP contribution in [0.4, 0.5) is 5.69 Å². The normalized spacial score (nSPS) is 13.9. The van der Waals surface area contributed by atoms with Gasteiger partial charge in [0.2, 0.25) is 0 Å². The van der Waals surface area contributed by atoms with Crippen molar-refractivity contribution in [1.29, 1.82) is 0 Å². The van der Waals surface area contributed by atoms with Gasteiger partial charge in [0.25, 0.3) is 17.7 Å². The Morgan fingerprint density at radius 2 is 1.59 bits per heavy atom. The highest BCUT2D eigenvalue weighted by Gasteiger charge is 2.41. The molecule has 3 amide bonds. The molecule has 0 saturated carbocycles. The smallest absolute Gasteiger partial charge is 0.329 e. The van der Waals surface area contributed by atoms with E-state index in [1.165, 1.54) is 19.1 Å². The quantitative estimate of drug-likeness (QED) is 0.629. The number of carbonyl (C=O) groups is 4. The Morgan fingerprint density at radius 3 is 2.15 bits per heavy atom. The van der Waals surface area contributed by atoms with E-state index in [9.17, 15) is 19.2 Å². The van der Waals surface area contributed by atoms with Crippen molar-refractivity contribution in [3.8, 4) is 0 Å². The minimum absolute atomic E-state index is 0.239. The van der Waals surface area contributed by atoms with Crippen LogP contribution in [0.5, 0.6) is 0 Å². The molecule has 27 heavy (non-hydrogen) atoms. The molecule has 1 aliphatic heterocycles. The Hall–Kier alpha value is -3.19. The standard InChI is InChI=1S/C19H15ClN2O5/c1-11(22-17(24)14-4-2-3-5-15(14)18(22)25)19(26)27-10-16(23)21-13-8-6-12(20)7-9-13/h2-9,11H,10H2,1H3,(H,21,23)/t11-/m0/s1. The summed E-state index contributed by atoms with van der Waals surface area (Å²) in [5, 5.41) is 3.06. The van der Waals surface area contributed by atoms with E-state index in [1.807, 2.05) is 0 Å². The monoisotopic (exact) mass is 386 g/mol. The summed E-state index contributed by atoms with van der Waals surface area (Å²) in [4.78, 5) is 49.7. The lowest BCUT2D eigenvalue weighted by atomic mass is 10.1. The summed E-state index contributed by atoms with van der Waals surface area (Å²) in [6, 6.07) is 11.6. The Morgan fingerprint density at radius 1 is 1.04 bits per heavy atom. The fraction of sp³-hybridized carbons (Fsp3) is 0.158. The number of imide groups is 1. The molecule has 7 nitrogen and oxygen atoms in total. The van der Waals surface area contributed by atoms with Crippen LogP contribution in [0.25, 0.3) is 0 Å². The third kappa shape index (κ3) is 3.83. The third-order valence-corrected chi connectivity index (χ3v) is 4.28. The van der Waals surface area contributed by atoms with Crippen LogP contribution in [-0.4, -0.2) is 41.2 Å². The summed E-state index contributed by atoms with van der Waals surface area (Å²) >= 11 is 5.76. The van der Waals surface area contributed by atoms with Crippen LogP contribution in [-0.2, 0) is 14.3 Å². The average molecular weight is 387 g/mol. The van der Waals surface area contributed by atoms with Crippen molar-refractivity contribution >= 4 is 41.0 Å². The van der Waals surface area contributed by atoms with E-state index in [0.717, 1.165) is 4.90 Å². The molecule has 8 heteroatoms. The molecule has 0 saturated heterocycles. The molecule has 0 aromatic heterocycles. The first-order valence-corrected chi connectivity index (χ1v) is 8.45. The molecule has 0 fully saturated rings. The fourth-order valence-corrected chi connectivity index (χ4v) is 2.78. The Kier molecular flexibility index (Phi) is 5.23. The number of nitrogens with zero attached hydrogens (tertiary/aromatic N) is 1. The Bertz CT molecular complexity index is 891. The number of benzene rings is 2. The topological polar surface area (TPSA) is 92.8 Å². The molecule has 0 radical (unpaired) electrons. The number of hydrogen-bond donors (Lipinski definition) is 1. The zero-order valence-electron chi connectivity index (χ0n) is 14.3. The van der Waals surface area contributed by atoms with Crippen LogP contribution < -0.4 is 5.32 Å². The molecule has 1 N–H and O–H groups in total. The van der Waals surface area contributed by atoms with Gasteiger partial charge in [0.1, 0.15) is 6.04 Å². The lowest BCUT2D eigenvalue weighted by molar-refractivity contribution is -0.150. The van der Waals surface area contributed by atoms with E-state index in [-0.39, 0.29) is 11.1 Å². The highest BCUT2D eigenvalue weighted by atomic mass is 35.5. The minimum atomic E-state index is -1.15. The lowest BCUT2D eigenvalue weighted by Crippen LogP contribution is -2.44. The van der Waals surface area contributed by atoms with Gasteiger partial charge in [-0.05, 0) is 43.3 Å². The largest absolute Gasteiger partial charge is 0.454 e. The number of fused-ring (bicyclic) bond motifs is 1. The predicted molar refractivity (Wildman–Crippen MR) is 97.4 cm³/mol. The first-order chi connectivity index (χ1) is 12.9. The van der Waals surface area contributed by atoms with Crippen molar-refractivity contribution in [3.05, 3.63) is 64.7 Å². The zero-order chi connectivity index (χ0) is 19.6. The number of esters is 1. The number of rotatable bonds is 5. The summed E-state index contributed by atoms with van der Waals surface area (Å²) in [5.41, 5.74) is 0.971. The zero-order valence-corrected chi connectivity index (χ0v) is 15.0.